The highest BCUT2D eigenvalue weighted by atomic mass is 31.2. The summed E-state index contributed by atoms with van der Waals surface area (Å²) in [6, 6.07) is 0. The van der Waals surface area contributed by atoms with E-state index in [9.17, 15) is 9.46 Å². The molecular weight excluding hydrogens is 211 g/mol. The Bertz CT molecular complexity index is 289. The topological polar surface area (TPSA) is 46.5 Å². The van der Waals surface area contributed by atoms with Crippen molar-refractivity contribution in [1.29, 1.82) is 0 Å². The molecule has 0 fully saturated rings. The highest BCUT2D eigenvalue weighted by molar-refractivity contribution is 7.52. The Balaban J connectivity index is 4.00. The molecule has 0 saturated heterocycles. The standard InChI is InChI=1S/C11H19O3P/c1-5-7-9-14-15(12,13)10-8-11(3,4)6-2/h2,5H,1,7-10H2,3-4H3,(H,12,13). The summed E-state index contributed by atoms with van der Waals surface area (Å²) in [6.45, 7) is 7.45. The zero-order chi connectivity index (χ0) is 11.9. The van der Waals surface area contributed by atoms with Crippen LogP contribution in [0, 0.1) is 17.8 Å². The quantitative estimate of drug-likeness (QED) is 0.316. The first-order chi connectivity index (χ1) is 6.83. The van der Waals surface area contributed by atoms with Crippen LogP contribution in [0.2, 0.25) is 0 Å². The van der Waals surface area contributed by atoms with E-state index in [4.69, 9.17) is 10.9 Å². The van der Waals surface area contributed by atoms with E-state index in [1.165, 1.54) is 0 Å². The molecule has 3 nitrogen and oxygen atoms in total. The second kappa shape index (κ2) is 6.12. The predicted molar refractivity (Wildman–Crippen MR) is 62.7 cm³/mol. The summed E-state index contributed by atoms with van der Waals surface area (Å²) < 4.78 is 16.4. The van der Waals surface area contributed by atoms with Gasteiger partial charge in [0.1, 0.15) is 0 Å². The first-order valence-electron chi connectivity index (χ1n) is 4.88. The molecule has 0 aromatic carbocycles. The fourth-order valence-corrected chi connectivity index (χ4v) is 2.20. The van der Waals surface area contributed by atoms with Crippen molar-refractivity contribution in [3.8, 4) is 12.3 Å². The van der Waals surface area contributed by atoms with Crippen LogP contribution < -0.4 is 0 Å². The third-order valence-corrected chi connectivity index (χ3v) is 3.40. The molecule has 0 aromatic rings. The molecule has 4 heteroatoms. The van der Waals surface area contributed by atoms with Crippen molar-refractivity contribution >= 4 is 7.60 Å². The van der Waals surface area contributed by atoms with Crippen LogP contribution in [0.3, 0.4) is 0 Å². The van der Waals surface area contributed by atoms with E-state index in [1.54, 1.807) is 6.08 Å². The molecule has 0 aromatic heterocycles. The van der Waals surface area contributed by atoms with Gasteiger partial charge in [0.15, 0.2) is 0 Å². The van der Waals surface area contributed by atoms with E-state index in [0.29, 0.717) is 12.8 Å². The Kier molecular flexibility index (Phi) is 5.90. The highest BCUT2D eigenvalue weighted by Crippen LogP contribution is 2.44. The Morgan fingerprint density at radius 1 is 1.67 bits per heavy atom. The van der Waals surface area contributed by atoms with Crippen molar-refractivity contribution in [1.82, 2.24) is 0 Å². The van der Waals surface area contributed by atoms with Crippen LogP contribution >= 0.6 is 7.60 Å². The molecule has 0 aliphatic rings. The lowest BCUT2D eigenvalue weighted by Gasteiger charge is -2.19. The van der Waals surface area contributed by atoms with Gasteiger partial charge in [-0.3, -0.25) is 4.57 Å². The lowest BCUT2D eigenvalue weighted by atomic mass is 9.92. The van der Waals surface area contributed by atoms with E-state index in [0.717, 1.165) is 0 Å². The zero-order valence-electron chi connectivity index (χ0n) is 9.40. The summed E-state index contributed by atoms with van der Waals surface area (Å²) in [5, 5.41) is 0. The molecule has 0 saturated carbocycles. The van der Waals surface area contributed by atoms with Gasteiger partial charge in [-0.1, -0.05) is 6.08 Å². The average molecular weight is 230 g/mol. The van der Waals surface area contributed by atoms with Crippen LogP contribution in [0.15, 0.2) is 12.7 Å². The van der Waals surface area contributed by atoms with E-state index in [2.05, 4.69) is 12.5 Å². The van der Waals surface area contributed by atoms with Crippen LogP contribution in [0.5, 0.6) is 0 Å². The Morgan fingerprint density at radius 2 is 2.27 bits per heavy atom. The van der Waals surface area contributed by atoms with Crippen molar-refractivity contribution in [3.05, 3.63) is 12.7 Å². The molecule has 0 heterocycles. The number of hydrogen-bond acceptors (Lipinski definition) is 2. The maximum absolute atomic E-state index is 11.5. The Labute approximate surface area is 92.1 Å². The van der Waals surface area contributed by atoms with E-state index in [1.807, 2.05) is 13.8 Å². The predicted octanol–water partition coefficient (Wildman–Crippen LogP) is 2.81. The molecule has 0 aliphatic heterocycles. The third-order valence-electron chi connectivity index (χ3n) is 2.03. The van der Waals surface area contributed by atoms with E-state index in [-0.39, 0.29) is 18.2 Å². The zero-order valence-corrected chi connectivity index (χ0v) is 10.3. The fourth-order valence-electron chi connectivity index (χ4n) is 0.836. The highest BCUT2D eigenvalue weighted by Gasteiger charge is 2.24. The summed E-state index contributed by atoms with van der Waals surface area (Å²) >= 11 is 0. The molecule has 0 rings (SSSR count). The van der Waals surface area contributed by atoms with Gasteiger partial charge in [-0.2, -0.15) is 0 Å². The van der Waals surface area contributed by atoms with Gasteiger partial charge in [0.05, 0.1) is 12.8 Å². The molecule has 1 unspecified atom stereocenters. The second-order valence-electron chi connectivity index (χ2n) is 4.05. The summed E-state index contributed by atoms with van der Waals surface area (Å²) in [6.07, 6.45) is 8.07. The van der Waals surface area contributed by atoms with Crippen LogP contribution in [-0.2, 0) is 9.09 Å². The summed E-state index contributed by atoms with van der Waals surface area (Å²) in [5.74, 6) is 2.58. The summed E-state index contributed by atoms with van der Waals surface area (Å²) in [7, 11) is -3.48. The van der Waals surface area contributed by atoms with Gasteiger partial charge < -0.3 is 9.42 Å². The van der Waals surface area contributed by atoms with Crippen molar-refractivity contribution in [2.24, 2.45) is 5.41 Å². The average Bonchev–Trinajstić information content (AvgIpc) is 2.16. The maximum Gasteiger partial charge on any atom is 0.328 e. The third kappa shape index (κ3) is 7.39. The maximum atomic E-state index is 11.5. The van der Waals surface area contributed by atoms with Crippen molar-refractivity contribution in [2.75, 3.05) is 12.8 Å². The molecule has 0 radical (unpaired) electrons. The Hall–Kier alpha value is -0.550. The largest absolute Gasteiger partial charge is 0.328 e. The molecule has 0 aliphatic carbocycles. The molecular formula is C11H19O3P. The van der Waals surface area contributed by atoms with E-state index >= 15 is 0 Å². The van der Waals surface area contributed by atoms with Crippen molar-refractivity contribution < 1.29 is 14.0 Å². The summed E-state index contributed by atoms with van der Waals surface area (Å²) in [4.78, 5) is 9.43. The first-order valence-corrected chi connectivity index (χ1v) is 6.64. The second-order valence-corrected chi connectivity index (χ2v) is 6.03. The molecule has 15 heavy (non-hydrogen) atoms. The van der Waals surface area contributed by atoms with Gasteiger partial charge in [0, 0.05) is 5.41 Å². The lowest BCUT2D eigenvalue weighted by Crippen LogP contribution is -2.11. The molecule has 86 valence electrons. The number of terminal acetylenes is 1. The van der Waals surface area contributed by atoms with Crippen molar-refractivity contribution in [3.63, 3.8) is 0 Å². The van der Waals surface area contributed by atoms with Crippen LogP contribution in [-0.4, -0.2) is 17.7 Å². The smallest absolute Gasteiger partial charge is 0.324 e. The van der Waals surface area contributed by atoms with Gasteiger partial charge >= 0.3 is 7.60 Å². The van der Waals surface area contributed by atoms with Crippen LogP contribution in [0.4, 0.5) is 0 Å². The monoisotopic (exact) mass is 230 g/mol. The molecule has 0 amide bonds. The van der Waals surface area contributed by atoms with Gasteiger partial charge in [0.2, 0.25) is 0 Å². The molecule has 1 atom stereocenters. The normalized spacial score (nSPS) is 15.3. The van der Waals surface area contributed by atoms with Crippen LogP contribution in [0.1, 0.15) is 26.7 Å². The van der Waals surface area contributed by atoms with Crippen LogP contribution in [0.25, 0.3) is 0 Å². The minimum atomic E-state index is -3.48. The molecule has 0 bridgehead atoms. The molecule has 0 spiro atoms. The first kappa shape index (κ1) is 14.5. The van der Waals surface area contributed by atoms with Crippen molar-refractivity contribution in [2.45, 2.75) is 26.7 Å². The minimum absolute atomic E-state index is 0.0986. The van der Waals surface area contributed by atoms with Gasteiger partial charge in [-0.05, 0) is 26.7 Å². The van der Waals surface area contributed by atoms with Gasteiger partial charge in [0.25, 0.3) is 0 Å². The lowest BCUT2D eigenvalue weighted by molar-refractivity contribution is 0.260. The number of rotatable bonds is 7. The Morgan fingerprint density at radius 3 is 2.73 bits per heavy atom. The fraction of sp³-hybridized carbons (Fsp3) is 0.636. The summed E-state index contributed by atoms with van der Waals surface area (Å²) in [5.41, 5.74) is -0.361. The minimum Gasteiger partial charge on any atom is -0.324 e. The van der Waals surface area contributed by atoms with E-state index < -0.39 is 7.60 Å². The van der Waals surface area contributed by atoms with Gasteiger partial charge in [-0.15, -0.1) is 18.9 Å². The molecule has 1 N–H and O–H groups in total. The SMILES string of the molecule is C#CC(C)(C)CCP(=O)(O)OCCC=C. The van der Waals surface area contributed by atoms with Gasteiger partial charge in [-0.25, -0.2) is 0 Å². The number of hydrogen-bond donors (Lipinski definition) is 1.